The van der Waals surface area contributed by atoms with Gasteiger partial charge in [0.05, 0.1) is 5.56 Å². The van der Waals surface area contributed by atoms with Crippen molar-refractivity contribution in [3.05, 3.63) is 34.6 Å². The number of aromatic nitrogens is 2. The number of carboxylic acids is 1. The van der Waals surface area contributed by atoms with Gasteiger partial charge in [-0.2, -0.15) is 0 Å². The minimum atomic E-state index is -1.28. The summed E-state index contributed by atoms with van der Waals surface area (Å²) in [7, 11) is 0. The van der Waals surface area contributed by atoms with Gasteiger partial charge in [0.25, 0.3) is 5.91 Å². The summed E-state index contributed by atoms with van der Waals surface area (Å²) in [5.41, 5.74) is 0.814. The van der Waals surface area contributed by atoms with E-state index in [1.165, 1.54) is 18.3 Å². The lowest BCUT2D eigenvalue weighted by molar-refractivity contribution is -0.143. The van der Waals surface area contributed by atoms with Crippen molar-refractivity contribution in [3.63, 3.8) is 0 Å². The summed E-state index contributed by atoms with van der Waals surface area (Å²) >= 11 is 1.48. The third-order valence-corrected chi connectivity index (χ3v) is 4.61. The first-order valence-corrected chi connectivity index (χ1v) is 7.83. The van der Waals surface area contributed by atoms with E-state index in [0.717, 1.165) is 16.5 Å². The molecule has 2 heterocycles. The van der Waals surface area contributed by atoms with Gasteiger partial charge < -0.3 is 10.4 Å². The summed E-state index contributed by atoms with van der Waals surface area (Å²) in [6.45, 7) is 6.95. The molecule has 0 fully saturated rings. The van der Waals surface area contributed by atoms with E-state index in [9.17, 15) is 14.7 Å². The zero-order valence-corrected chi connectivity index (χ0v) is 13.8. The summed E-state index contributed by atoms with van der Waals surface area (Å²) in [4.78, 5) is 28.1. The molecule has 2 aromatic rings. The van der Waals surface area contributed by atoms with Gasteiger partial charge in [-0.25, -0.2) is 9.78 Å². The highest BCUT2D eigenvalue weighted by molar-refractivity contribution is 7.12. The van der Waals surface area contributed by atoms with Crippen LogP contribution in [0, 0.1) is 13.8 Å². The molecule has 0 aliphatic carbocycles. The van der Waals surface area contributed by atoms with Crippen LogP contribution in [0.2, 0.25) is 0 Å². The largest absolute Gasteiger partial charge is 0.480 e. The van der Waals surface area contributed by atoms with Gasteiger partial charge in [0.15, 0.2) is 5.13 Å². The minimum Gasteiger partial charge on any atom is -0.480 e. The van der Waals surface area contributed by atoms with Gasteiger partial charge in [-0.1, -0.05) is 6.92 Å². The van der Waals surface area contributed by atoms with Crippen molar-refractivity contribution in [2.75, 3.05) is 0 Å². The molecule has 0 radical (unpaired) electrons. The van der Waals surface area contributed by atoms with Crippen LogP contribution in [0.3, 0.4) is 0 Å². The Kier molecular flexibility index (Phi) is 4.37. The molecule has 1 amide bonds. The number of aryl methyl sites for hydroxylation is 1. The molecule has 0 aromatic carbocycles. The maximum absolute atomic E-state index is 12.5. The number of thiazole rings is 1. The van der Waals surface area contributed by atoms with Crippen molar-refractivity contribution in [3.8, 4) is 5.13 Å². The quantitative estimate of drug-likeness (QED) is 0.886. The fourth-order valence-corrected chi connectivity index (χ4v) is 2.98. The standard InChI is InChI=1S/C15H19N3O3S/c1-5-15(4,13(20)21)17-12(19)11-8-9(2)18(10(11)3)14-16-6-7-22-14/h6-8H,5H2,1-4H3,(H,17,19)(H,20,21). The molecule has 6 nitrogen and oxygen atoms in total. The minimum absolute atomic E-state index is 0.305. The molecule has 0 aliphatic heterocycles. The van der Waals surface area contributed by atoms with Crippen LogP contribution in [0.1, 0.15) is 42.0 Å². The lowest BCUT2D eigenvalue weighted by Gasteiger charge is -2.24. The maximum atomic E-state index is 12.5. The van der Waals surface area contributed by atoms with Crippen molar-refractivity contribution in [2.45, 2.75) is 39.7 Å². The van der Waals surface area contributed by atoms with Gasteiger partial charge in [0.2, 0.25) is 0 Å². The molecule has 0 aliphatic rings. The number of hydrogen-bond donors (Lipinski definition) is 2. The van der Waals surface area contributed by atoms with Crippen molar-refractivity contribution in [1.29, 1.82) is 0 Å². The van der Waals surface area contributed by atoms with E-state index < -0.39 is 11.5 Å². The number of carboxylic acid groups (broad SMARTS) is 1. The smallest absolute Gasteiger partial charge is 0.329 e. The predicted molar refractivity (Wildman–Crippen MR) is 84.7 cm³/mol. The number of nitrogens with zero attached hydrogens (tertiary/aromatic N) is 2. The molecule has 0 spiro atoms. The second kappa shape index (κ2) is 5.92. The SMILES string of the molecule is CCC(C)(NC(=O)c1cc(C)n(-c2nccs2)c1C)C(=O)O. The zero-order valence-electron chi connectivity index (χ0n) is 13.0. The Morgan fingerprint density at radius 2 is 2.14 bits per heavy atom. The maximum Gasteiger partial charge on any atom is 0.329 e. The summed E-state index contributed by atoms with van der Waals surface area (Å²) < 4.78 is 1.89. The average molecular weight is 321 g/mol. The van der Waals surface area contributed by atoms with E-state index in [2.05, 4.69) is 10.3 Å². The molecule has 1 unspecified atom stereocenters. The topological polar surface area (TPSA) is 84.2 Å². The number of hydrogen-bond acceptors (Lipinski definition) is 4. The van der Waals surface area contributed by atoms with Crippen LogP contribution < -0.4 is 5.32 Å². The number of nitrogens with one attached hydrogen (secondary N) is 1. The lowest BCUT2D eigenvalue weighted by atomic mass is 9.98. The predicted octanol–water partition coefficient (Wildman–Crippen LogP) is 2.53. The Morgan fingerprint density at radius 1 is 1.45 bits per heavy atom. The first kappa shape index (κ1) is 16.2. The second-order valence-corrected chi connectivity index (χ2v) is 6.25. The van der Waals surface area contributed by atoms with Crippen molar-refractivity contribution in [1.82, 2.24) is 14.9 Å². The molecule has 2 N–H and O–H groups in total. The monoisotopic (exact) mass is 321 g/mol. The molecular weight excluding hydrogens is 302 g/mol. The van der Waals surface area contributed by atoms with Crippen LogP contribution in [-0.2, 0) is 4.79 Å². The van der Waals surface area contributed by atoms with Gasteiger partial charge in [0.1, 0.15) is 5.54 Å². The summed E-state index contributed by atoms with van der Waals surface area (Å²) in [5.74, 6) is -1.43. The highest BCUT2D eigenvalue weighted by atomic mass is 32.1. The van der Waals surface area contributed by atoms with E-state index in [1.807, 2.05) is 23.8 Å². The van der Waals surface area contributed by atoms with Crippen LogP contribution in [-0.4, -0.2) is 32.1 Å². The number of amides is 1. The van der Waals surface area contributed by atoms with Gasteiger partial charge in [-0.3, -0.25) is 9.36 Å². The van der Waals surface area contributed by atoms with Gasteiger partial charge >= 0.3 is 5.97 Å². The molecule has 118 valence electrons. The normalized spacial score (nSPS) is 13.6. The van der Waals surface area contributed by atoms with Crippen LogP contribution in [0.4, 0.5) is 0 Å². The Bertz CT molecular complexity index is 706. The van der Waals surface area contributed by atoms with Gasteiger partial charge in [-0.15, -0.1) is 11.3 Å². The van der Waals surface area contributed by atoms with Crippen LogP contribution in [0.15, 0.2) is 17.6 Å². The number of rotatable bonds is 5. The highest BCUT2D eigenvalue weighted by Gasteiger charge is 2.34. The third kappa shape index (κ3) is 2.76. The number of aliphatic carboxylic acids is 1. The van der Waals surface area contributed by atoms with E-state index >= 15 is 0 Å². The van der Waals surface area contributed by atoms with E-state index in [1.54, 1.807) is 19.2 Å². The molecule has 0 bridgehead atoms. The Hall–Kier alpha value is -2.15. The molecular formula is C15H19N3O3S. The Balaban J connectivity index is 2.36. The van der Waals surface area contributed by atoms with Crippen molar-refractivity contribution in [2.24, 2.45) is 0 Å². The highest BCUT2D eigenvalue weighted by Crippen LogP contribution is 2.23. The van der Waals surface area contributed by atoms with Crippen molar-refractivity contribution < 1.29 is 14.7 Å². The summed E-state index contributed by atoms with van der Waals surface area (Å²) in [6, 6.07) is 1.75. The third-order valence-electron chi connectivity index (χ3n) is 3.85. The van der Waals surface area contributed by atoms with E-state index in [-0.39, 0.29) is 5.91 Å². The Morgan fingerprint density at radius 3 is 2.64 bits per heavy atom. The molecule has 7 heteroatoms. The number of carbonyl (C=O) groups is 2. The Labute approximate surface area is 132 Å². The van der Waals surface area contributed by atoms with E-state index in [0.29, 0.717) is 12.0 Å². The van der Waals surface area contributed by atoms with Crippen LogP contribution >= 0.6 is 11.3 Å². The van der Waals surface area contributed by atoms with Crippen LogP contribution in [0.25, 0.3) is 5.13 Å². The van der Waals surface area contributed by atoms with Gasteiger partial charge in [-0.05, 0) is 33.3 Å². The van der Waals surface area contributed by atoms with Gasteiger partial charge in [0, 0.05) is 23.0 Å². The summed E-state index contributed by atoms with van der Waals surface area (Å²) in [5, 5.41) is 14.5. The fraction of sp³-hybridized carbons (Fsp3) is 0.400. The first-order valence-electron chi connectivity index (χ1n) is 6.95. The van der Waals surface area contributed by atoms with E-state index in [4.69, 9.17) is 0 Å². The zero-order chi connectivity index (χ0) is 16.5. The van der Waals surface area contributed by atoms with Crippen LogP contribution in [0.5, 0.6) is 0 Å². The average Bonchev–Trinajstić information content (AvgIpc) is 3.06. The molecule has 22 heavy (non-hydrogen) atoms. The fourth-order valence-electron chi connectivity index (χ4n) is 2.22. The first-order chi connectivity index (χ1) is 10.3. The molecule has 0 saturated carbocycles. The molecule has 2 aromatic heterocycles. The molecule has 1 atom stereocenters. The second-order valence-electron chi connectivity index (χ2n) is 5.38. The summed E-state index contributed by atoms with van der Waals surface area (Å²) in [6.07, 6.45) is 2.01. The molecule has 2 rings (SSSR count). The lowest BCUT2D eigenvalue weighted by Crippen LogP contribution is -2.51. The number of carbonyl (C=O) groups excluding carboxylic acids is 1. The van der Waals surface area contributed by atoms with Crippen molar-refractivity contribution >= 4 is 23.2 Å². The molecule has 0 saturated heterocycles.